The van der Waals surface area contributed by atoms with Gasteiger partial charge in [0.25, 0.3) is 5.69 Å². The lowest BCUT2D eigenvalue weighted by atomic mass is 10.1. The van der Waals surface area contributed by atoms with Crippen molar-refractivity contribution in [3.05, 3.63) is 56.7 Å². The van der Waals surface area contributed by atoms with Crippen molar-refractivity contribution in [3.8, 4) is 11.6 Å². The molecule has 0 N–H and O–H groups in total. The number of halogens is 1. The molecule has 0 bridgehead atoms. The molecule has 0 radical (unpaired) electrons. The van der Waals surface area contributed by atoms with Gasteiger partial charge in [-0.1, -0.05) is 11.6 Å². The third kappa shape index (κ3) is 2.82. The van der Waals surface area contributed by atoms with Crippen molar-refractivity contribution in [2.75, 3.05) is 0 Å². The Bertz CT molecular complexity index is 644. The average Bonchev–Trinajstić information content (AvgIpc) is 2.35. The van der Waals surface area contributed by atoms with Gasteiger partial charge < -0.3 is 4.74 Å². The first-order chi connectivity index (χ1) is 8.99. The monoisotopic (exact) mass is 278 g/mol. The van der Waals surface area contributed by atoms with Gasteiger partial charge in [-0.25, -0.2) is 4.98 Å². The Balaban J connectivity index is 2.39. The summed E-state index contributed by atoms with van der Waals surface area (Å²) < 4.78 is 5.59. The molecule has 0 aliphatic heterocycles. The fourth-order valence-corrected chi connectivity index (χ4v) is 1.79. The Labute approximate surface area is 115 Å². The van der Waals surface area contributed by atoms with E-state index >= 15 is 0 Å². The van der Waals surface area contributed by atoms with Crippen LogP contribution in [0, 0.1) is 24.0 Å². The summed E-state index contributed by atoms with van der Waals surface area (Å²) in [6.45, 7) is 3.39. The maximum atomic E-state index is 10.8. The van der Waals surface area contributed by atoms with Gasteiger partial charge in [-0.2, -0.15) is 0 Å². The normalized spacial score (nSPS) is 10.3. The van der Waals surface area contributed by atoms with Crippen molar-refractivity contribution in [1.82, 2.24) is 4.98 Å². The maximum absolute atomic E-state index is 10.8. The van der Waals surface area contributed by atoms with Crippen LogP contribution in [0.15, 0.2) is 30.5 Å². The highest BCUT2D eigenvalue weighted by atomic mass is 35.5. The van der Waals surface area contributed by atoms with Crippen LogP contribution < -0.4 is 4.74 Å². The minimum atomic E-state index is -0.417. The molecule has 0 unspecified atom stereocenters. The molecule has 6 heteroatoms. The number of nitrogens with zero attached hydrogens (tertiary/aromatic N) is 2. The molecule has 19 heavy (non-hydrogen) atoms. The molecule has 1 aromatic carbocycles. The summed E-state index contributed by atoms with van der Waals surface area (Å²) in [5, 5.41) is 11.2. The number of ether oxygens (including phenoxy) is 1. The summed E-state index contributed by atoms with van der Waals surface area (Å²) in [5.74, 6) is 0.782. The quantitative estimate of drug-likeness (QED) is 0.627. The lowest BCUT2D eigenvalue weighted by Gasteiger charge is -2.10. The first-order valence-corrected chi connectivity index (χ1v) is 5.91. The van der Waals surface area contributed by atoms with E-state index < -0.39 is 4.92 Å². The van der Waals surface area contributed by atoms with Crippen molar-refractivity contribution in [2.45, 2.75) is 13.8 Å². The zero-order chi connectivity index (χ0) is 14.0. The van der Waals surface area contributed by atoms with Crippen molar-refractivity contribution >= 4 is 17.3 Å². The van der Waals surface area contributed by atoms with Gasteiger partial charge in [0.15, 0.2) is 0 Å². The smallest absolute Gasteiger partial charge is 0.272 e. The molecule has 98 valence electrons. The summed E-state index contributed by atoms with van der Waals surface area (Å²) in [6, 6.07) is 6.45. The number of aromatic nitrogens is 1. The summed E-state index contributed by atoms with van der Waals surface area (Å²) in [5.41, 5.74) is 1.24. The highest BCUT2D eigenvalue weighted by molar-refractivity contribution is 6.31. The van der Waals surface area contributed by atoms with Crippen LogP contribution in [-0.2, 0) is 0 Å². The number of nitro benzene ring substituents is 1. The predicted octanol–water partition coefficient (Wildman–Crippen LogP) is 4.05. The van der Waals surface area contributed by atoms with Gasteiger partial charge in [0.2, 0.25) is 5.88 Å². The van der Waals surface area contributed by atoms with Crippen molar-refractivity contribution < 1.29 is 9.66 Å². The molecular weight excluding hydrogens is 268 g/mol. The SMILES string of the molecule is Cc1cc([N+](=O)[O-])c(C)cc1Oc1ncccc1Cl. The Morgan fingerprint density at radius 2 is 2.05 bits per heavy atom. The van der Waals surface area contributed by atoms with E-state index in [4.69, 9.17) is 16.3 Å². The summed E-state index contributed by atoms with van der Waals surface area (Å²) in [7, 11) is 0. The third-order valence-corrected chi connectivity index (χ3v) is 2.91. The van der Waals surface area contributed by atoms with Crippen molar-refractivity contribution in [3.63, 3.8) is 0 Å². The highest BCUT2D eigenvalue weighted by Crippen LogP contribution is 2.32. The third-order valence-electron chi connectivity index (χ3n) is 2.62. The molecule has 1 heterocycles. The van der Waals surface area contributed by atoms with Gasteiger partial charge in [0, 0.05) is 17.8 Å². The molecule has 0 fully saturated rings. The van der Waals surface area contributed by atoms with Crippen LogP contribution in [0.25, 0.3) is 0 Å². The largest absolute Gasteiger partial charge is 0.437 e. The molecule has 0 aliphatic rings. The summed E-state index contributed by atoms with van der Waals surface area (Å²) in [4.78, 5) is 14.4. The molecule has 0 aliphatic carbocycles. The Morgan fingerprint density at radius 1 is 1.32 bits per heavy atom. The first-order valence-electron chi connectivity index (χ1n) is 5.53. The number of benzene rings is 1. The topological polar surface area (TPSA) is 65.3 Å². The fraction of sp³-hybridized carbons (Fsp3) is 0.154. The van der Waals surface area contributed by atoms with Gasteiger partial charge >= 0.3 is 0 Å². The van der Waals surface area contributed by atoms with Crippen molar-refractivity contribution in [1.29, 1.82) is 0 Å². The molecule has 2 aromatic rings. The predicted molar refractivity (Wildman–Crippen MR) is 71.9 cm³/mol. The first kappa shape index (κ1) is 13.3. The molecule has 0 atom stereocenters. The van der Waals surface area contributed by atoms with Gasteiger partial charge in [-0.3, -0.25) is 10.1 Å². The molecule has 2 rings (SSSR count). The van der Waals surface area contributed by atoms with Gasteiger partial charge in [0.05, 0.1) is 4.92 Å². The van der Waals surface area contributed by atoms with E-state index in [1.807, 2.05) is 0 Å². The molecule has 0 saturated carbocycles. The van der Waals surface area contributed by atoms with E-state index in [9.17, 15) is 10.1 Å². The second-order valence-electron chi connectivity index (χ2n) is 4.05. The Morgan fingerprint density at radius 3 is 2.68 bits per heavy atom. The lowest BCUT2D eigenvalue weighted by Crippen LogP contribution is -1.96. The standard InChI is InChI=1S/C13H11ClN2O3/c1-8-7-12(9(2)6-11(8)16(17)18)19-13-10(14)4-3-5-15-13/h3-7H,1-2H3. The maximum Gasteiger partial charge on any atom is 0.272 e. The number of hydrogen-bond donors (Lipinski definition) is 0. The van der Waals surface area contributed by atoms with Gasteiger partial charge in [-0.15, -0.1) is 0 Å². The molecule has 0 amide bonds. The number of nitro groups is 1. The lowest BCUT2D eigenvalue weighted by molar-refractivity contribution is -0.385. The fourth-order valence-electron chi connectivity index (χ4n) is 1.63. The Kier molecular flexibility index (Phi) is 3.66. The van der Waals surface area contributed by atoms with Crippen LogP contribution in [0.3, 0.4) is 0 Å². The van der Waals surface area contributed by atoms with Crippen LogP contribution in [0.5, 0.6) is 11.6 Å². The van der Waals surface area contributed by atoms with E-state index in [0.717, 1.165) is 0 Å². The second-order valence-corrected chi connectivity index (χ2v) is 4.46. The highest BCUT2D eigenvalue weighted by Gasteiger charge is 2.15. The minimum Gasteiger partial charge on any atom is -0.437 e. The van der Waals surface area contributed by atoms with Gasteiger partial charge in [-0.05, 0) is 37.6 Å². The van der Waals surface area contributed by atoms with E-state index in [2.05, 4.69) is 4.98 Å². The molecule has 0 spiro atoms. The van der Waals surface area contributed by atoms with Crippen LogP contribution in [0.4, 0.5) is 5.69 Å². The van der Waals surface area contributed by atoms with Crippen LogP contribution in [0.2, 0.25) is 5.02 Å². The summed E-state index contributed by atoms with van der Waals surface area (Å²) >= 11 is 5.95. The zero-order valence-electron chi connectivity index (χ0n) is 10.4. The summed E-state index contributed by atoms with van der Waals surface area (Å²) in [6.07, 6.45) is 1.56. The minimum absolute atomic E-state index is 0.0666. The zero-order valence-corrected chi connectivity index (χ0v) is 11.1. The van der Waals surface area contributed by atoms with Crippen LogP contribution >= 0.6 is 11.6 Å². The van der Waals surface area contributed by atoms with E-state index in [1.165, 1.54) is 6.07 Å². The van der Waals surface area contributed by atoms with E-state index in [1.54, 1.807) is 38.2 Å². The van der Waals surface area contributed by atoms with Crippen LogP contribution in [-0.4, -0.2) is 9.91 Å². The molecular formula is C13H11ClN2O3. The van der Waals surface area contributed by atoms with E-state index in [-0.39, 0.29) is 11.6 Å². The van der Waals surface area contributed by atoms with Gasteiger partial charge in [0.1, 0.15) is 10.8 Å². The van der Waals surface area contributed by atoms with Crippen LogP contribution in [0.1, 0.15) is 11.1 Å². The molecule has 1 aromatic heterocycles. The molecule has 0 saturated heterocycles. The van der Waals surface area contributed by atoms with E-state index in [0.29, 0.717) is 21.9 Å². The second kappa shape index (κ2) is 5.24. The van der Waals surface area contributed by atoms with Crippen molar-refractivity contribution in [2.24, 2.45) is 0 Å². The average molecular weight is 279 g/mol. The number of rotatable bonds is 3. The number of hydrogen-bond acceptors (Lipinski definition) is 4. The number of aryl methyl sites for hydroxylation is 2. The Hall–Kier alpha value is -2.14. The number of pyridine rings is 1. The molecule has 5 nitrogen and oxygen atoms in total.